The van der Waals surface area contributed by atoms with Crippen molar-refractivity contribution in [3.05, 3.63) is 48.5 Å². The van der Waals surface area contributed by atoms with Crippen molar-refractivity contribution in [3.8, 4) is 11.1 Å². The number of nitrogens with zero attached hydrogens (tertiary/aromatic N) is 1. The van der Waals surface area contributed by atoms with E-state index in [9.17, 15) is 4.79 Å². The number of nitrogens with one attached hydrogen (secondary N) is 2. The minimum absolute atomic E-state index is 0.0203. The maximum atomic E-state index is 11.5. The highest BCUT2D eigenvalue weighted by molar-refractivity contribution is 6.11. The van der Waals surface area contributed by atoms with Crippen LogP contribution in [0.4, 0.5) is 11.4 Å². The van der Waals surface area contributed by atoms with Gasteiger partial charge in [-0.1, -0.05) is 36.4 Å². The Bertz CT molecular complexity index is 676. The van der Waals surface area contributed by atoms with Gasteiger partial charge in [0.25, 0.3) is 0 Å². The van der Waals surface area contributed by atoms with Gasteiger partial charge in [0.1, 0.15) is 6.54 Å². The number of aliphatic imine (C=N–C) groups is 1. The summed E-state index contributed by atoms with van der Waals surface area (Å²) in [6.07, 6.45) is 0. The van der Waals surface area contributed by atoms with Gasteiger partial charge in [0.05, 0.1) is 6.61 Å². The first-order valence-electron chi connectivity index (χ1n) is 7.20. The second kappa shape index (κ2) is 6.30. The van der Waals surface area contributed by atoms with Crippen LogP contribution in [0, 0.1) is 0 Å². The first kappa shape index (κ1) is 14.1. The van der Waals surface area contributed by atoms with Crippen LogP contribution in [0.1, 0.15) is 6.92 Å². The van der Waals surface area contributed by atoms with Crippen LogP contribution in [0.2, 0.25) is 0 Å². The van der Waals surface area contributed by atoms with Gasteiger partial charge in [-0.05, 0) is 19.1 Å². The van der Waals surface area contributed by atoms with Crippen LogP contribution in [0.25, 0.3) is 11.1 Å². The molecule has 5 heteroatoms. The molecule has 2 aromatic carbocycles. The van der Waals surface area contributed by atoms with Gasteiger partial charge in [-0.15, -0.1) is 0 Å². The highest BCUT2D eigenvalue weighted by Crippen LogP contribution is 2.35. The molecule has 0 bridgehead atoms. The fraction of sp³-hybridized carbons (Fsp3) is 0.176. The Morgan fingerprint density at radius 2 is 1.55 bits per heavy atom. The molecule has 0 aromatic heterocycles. The van der Waals surface area contributed by atoms with Crippen LogP contribution in [0.15, 0.2) is 53.5 Å². The van der Waals surface area contributed by atoms with E-state index in [4.69, 9.17) is 4.74 Å². The minimum atomic E-state index is -0.343. The molecular weight excluding hydrogens is 278 g/mol. The summed E-state index contributed by atoms with van der Waals surface area (Å²) in [5, 5.41) is 6.47. The third kappa shape index (κ3) is 2.93. The van der Waals surface area contributed by atoms with Crippen LogP contribution < -0.4 is 10.6 Å². The molecule has 1 heterocycles. The lowest BCUT2D eigenvalue weighted by Crippen LogP contribution is -2.23. The number of rotatable bonds is 3. The van der Waals surface area contributed by atoms with E-state index < -0.39 is 0 Å². The molecule has 0 atom stereocenters. The second-order valence-electron chi connectivity index (χ2n) is 4.81. The molecule has 0 amide bonds. The summed E-state index contributed by atoms with van der Waals surface area (Å²) < 4.78 is 4.90. The second-order valence-corrected chi connectivity index (χ2v) is 4.81. The molecule has 112 valence electrons. The summed E-state index contributed by atoms with van der Waals surface area (Å²) in [7, 11) is 0. The number of carbonyl (C=O) groups excluding carboxylic acids is 1. The Kier molecular flexibility index (Phi) is 4.05. The Morgan fingerprint density at radius 1 is 1.00 bits per heavy atom. The zero-order valence-electron chi connectivity index (χ0n) is 12.3. The molecule has 0 fully saturated rings. The van der Waals surface area contributed by atoms with E-state index >= 15 is 0 Å². The van der Waals surface area contributed by atoms with Gasteiger partial charge in [0.2, 0.25) is 5.96 Å². The lowest BCUT2D eigenvalue weighted by molar-refractivity contribution is -0.141. The molecule has 2 aromatic rings. The van der Waals surface area contributed by atoms with Gasteiger partial charge < -0.3 is 15.4 Å². The van der Waals surface area contributed by atoms with Gasteiger partial charge in [0.15, 0.2) is 0 Å². The molecule has 2 N–H and O–H groups in total. The SMILES string of the molecule is CCOC(=O)CN=C1Nc2ccccc2-c2ccccc2N1. The number of hydrogen-bond donors (Lipinski definition) is 2. The fourth-order valence-corrected chi connectivity index (χ4v) is 2.37. The number of carbonyl (C=O) groups is 1. The lowest BCUT2D eigenvalue weighted by atomic mass is 10.0. The maximum absolute atomic E-state index is 11.5. The maximum Gasteiger partial charge on any atom is 0.327 e. The first-order valence-corrected chi connectivity index (χ1v) is 7.20. The molecule has 22 heavy (non-hydrogen) atoms. The molecule has 0 radical (unpaired) electrons. The van der Waals surface area contributed by atoms with Crippen LogP contribution in [0.3, 0.4) is 0 Å². The van der Waals surface area contributed by atoms with E-state index in [1.807, 2.05) is 36.4 Å². The van der Waals surface area contributed by atoms with Crippen molar-refractivity contribution < 1.29 is 9.53 Å². The van der Waals surface area contributed by atoms with Gasteiger partial charge in [0, 0.05) is 22.5 Å². The molecular formula is C17H17N3O2. The van der Waals surface area contributed by atoms with Crippen LogP contribution in [-0.4, -0.2) is 25.1 Å². The van der Waals surface area contributed by atoms with Crippen molar-refractivity contribution in [2.24, 2.45) is 4.99 Å². The number of benzene rings is 2. The van der Waals surface area contributed by atoms with Crippen LogP contribution in [-0.2, 0) is 9.53 Å². The van der Waals surface area contributed by atoms with Gasteiger partial charge in [-0.2, -0.15) is 0 Å². The summed E-state index contributed by atoms with van der Waals surface area (Å²) >= 11 is 0. The van der Waals surface area contributed by atoms with Crippen LogP contribution >= 0.6 is 0 Å². The van der Waals surface area contributed by atoms with E-state index in [1.165, 1.54) is 0 Å². The Morgan fingerprint density at radius 3 is 2.09 bits per heavy atom. The first-order chi connectivity index (χ1) is 10.8. The normalized spacial score (nSPS) is 12.1. The molecule has 5 nitrogen and oxygen atoms in total. The average Bonchev–Trinajstić information content (AvgIpc) is 2.70. The van der Waals surface area contributed by atoms with Gasteiger partial charge >= 0.3 is 5.97 Å². The molecule has 0 saturated carbocycles. The summed E-state index contributed by atoms with van der Waals surface area (Å²) in [5.74, 6) is 0.190. The zero-order chi connectivity index (χ0) is 15.4. The van der Waals surface area contributed by atoms with E-state index in [2.05, 4.69) is 27.8 Å². The van der Waals surface area contributed by atoms with Crippen molar-refractivity contribution in [1.29, 1.82) is 0 Å². The summed E-state index contributed by atoms with van der Waals surface area (Å²) in [6, 6.07) is 16.0. The van der Waals surface area contributed by atoms with E-state index in [0.29, 0.717) is 12.6 Å². The number of esters is 1. The van der Waals surface area contributed by atoms with Gasteiger partial charge in [-0.3, -0.25) is 4.79 Å². The standard InChI is InChI=1S/C17H17N3O2/c1-2-22-16(21)11-18-17-19-14-9-5-3-7-12(14)13-8-4-6-10-15(13)20-17/h3-10H,2,11H2,1H3,(H2,18,19,20). The van der Waals surface area contributed by atoms with Crippen LogP contribution in [0.5, 0.6) is 0 Å². The van der Waals surface area contributed by atoms with E-state index in [0.717, 1.165) is 22.5 Å². The van der Waals surface area contributed by atoms with Crippen molar-refractivity contribution >= 4 is 23.3 Å². The smallest absolute Gasteiger partial charge is 0.327 e. The van der Waals surface area contributed by atoms with Crippen molar-refractivity contribution in [2.45, 2.75) is 6.92 Å². The molecule has 1 aliphatic rings. The molecule has 1 aliphatic heterocycles. The number of ether oxygens (including phenoxy) is 1. The average molecular weight is 295 g/mol. The van der Waals surface area contributed by atoms with Crippen molar-refractivity contribution in [2.75, 3.05) is 23.8 Å². The zero-order valence-corrected chi connectivity index (χ0v) is 12.3. The Labute approximate surface area is 129 Å². The number of anilines is 2. The number of fused-ring (bicyclic) bond motifs is 3. The molecule has 0 spiro atoms. The number of para-hydroxylation sites is 2. The number of guanidine groups is 1. The van der Waals surface area contributed by atoms with Crippen molar-refractivity contribution in [3.63, 3.8) is 0 Å². The third-order valence-electron chi connectivity index (χ3n) is 3.32. The molecule has 0 aliphatic carbocycles. The lowest BCUT2D eigenvalue weighted by Gasteiger charge is -2.09. The van der Waals surface area contributed by atoms with E-state index in [1.54, 1.807) is 6.92 Å². The quantitative estimate of drug-likeness (QED) is 0.854. The fourth-order valence-electron chi connectivity index (χ4n) is 2.37. The summed E-state index contributed by atoms with van der Waals surface area (Å²) in [4.78, 5) is 15.8. The minimum Gasteiger partial charge on any atom is -0.465 e. The highest BCUT2D eigenvalue weighted by Gasteiger charge is 2.16. The monoisotopic (exact) mass is 295 g/mol. The van der Waals surface area contributed by atoms with Gasteiger partial charge in [-0.25, -0.2) is 4.99 Å². The predicted molar refractivity (Wildman–Crippen MR) is 88.1 cm³/mol. The predicted octanol–water partition coefficient (Wildman–Crippen LogP) is 3.11. The molecule has 3 rings (SSSR count). The molecule has 0 unspecified atom stereocenters. The third-order valence-corrected chi connectivity index (χ3v) is 3.32. The summed E-state index contributed by atoms with van der Waals surface area (Å²) in [5.41, 5.74) is 4.07. The number of hydrogen-bond acceptors (Lipinski definition) is 3. The van der Waals surface area contributed by atoms with Crippen molar-refractivity contribution in [1.82, 2.24) is 0 Å². The molecule has 0 saturated heterocycles. The van der Waals surface area contributed by atoms with E-state index in [-0.39, 0.29) is 12.5 Å². The topological polar surface area (TPSA) is 62.7 Å². The Hall–Kier alpha value is -2.82. The summed E-state index contributed by atoms with van der Waals surface area (Å²) in [6.45, 7) is 2.11. The Balaban J connectivity index is 1.95. The largest absolute Gasteiger partial charge is 0.465 e. The highest BCUT2D eigenvalue weighted by atomic mass is 16.5.